The summed E-state index contributed by atoms with van der Waals surface area (Å²) in [6, 6.07) is 5.85. The molecule has 23 heavy (non-hydrogen) atoms. The van der Waals surface area contributed by atoms with Crippen molar-refractivity contribution in [1.82, 2.24) is 10.3 Å². The van der Waals surface area contributed by atoms with Crippen LogP contribution in [0.25, 0.3) is 0 Å². The van der Waals surface area contributed by atoms with Crippen LogP contribution in [0.2, 0.25) is 5.15 Å². The van der Waals surface area contributed by atoms with Crippen LogP contribution in [0.15, 0.2) is 30.3 Å². The summed E-state index contributed by atoms with van der Waals surface area (Å²) >= 11 is 5.73. The van der Waals surface area contributed by atoms with Gasteiger partial charge in [-0.05, 0) is 32.0 Å². The molecule has 0 fully saturated rings. The third kappa shape index (κ3) is 4.03. The van der Waals surface area contributed by atoms with Crippen LogP contribution in [-0.2, 0) is 5.60 Å². The van der Waals surface area contributed by atoms with Crippen LogP contribution in [0.3, 0.4) is 0 Å². The lowest BCUT2D eigenvalue weighted by molar-refractivity contribution is 0.0494. The fraction of sp³-hybridized carbons (Fsp3) is 0.250. The quantitative estimate of drug-likeness (QED) is 0.841. The van der Waals surface area contributed by atoms with Crippen molar-refractivity contribution in [1.29, 1.82) is 0 Å². The van der Waals surface area contributed by atoms with Crippen LogP contribution in [0.4, 0.5) is 8.78 Å². The minimum Gasteiger partial charge on any atom is -0.383 e. The minimum atomic E-state index is -1.69. The smallest absolute Gasteiger partial charge is 0.253 e. The maximum atomic E-state index is 13.8. The molecule has 1 heterocycles. The minimum absolute atomic E-state index is 0.106. The van der Waals surface area contributed by atoms with Crippen molar-refractivity contribution in [2.45, 2.75) is 19.4 Å². The van der Waals surface area contributed by atoms with E-state index < -0.39 is 23.1 Å². The maximum absolute atomic E-state index is 13.8. The van der Waals surface area contributed by atoms with Gasteiger partial charge in [-0.1, -0.05) is 17.7 Å². The number of pyridine rings is 1. The molecular weight excluding hydrogens is 326 g/mol. The molecule has 2 aromatic rings. The van der Waals surface area contributed by atoms with Crippen molar-refractivity contribution in [3.8, 4) is 0 Å². The summed E-state index contributed by atoms with van der Waals surface area (Å²) in [5.74, 6) is -2.10. The lowest BCUT2D eigenvalue weighted by atomic mass is 9.95. The van der Waals surface area contributed by atoms with Crippen LogP contribution in [0, 0.1) is 18.6 Å². The largest absolute Gasteiger partial charge is 0.383 e. The van der Waals surface area contributed by atoms with E-state index in [0.717, 1.165) is 12.1 Å². The fourth-order valence-corrected chi connectivity index (χ4v) is 2.33. The van der Waals surface area contributed by atoms with E-state index in [1.165, 1.54) is 19.1 Å². The van der Waals surface area contributed by atoms with Crippen molar-refractivity contribution in [2.75, 3.05) is 6.54 Å². The zero-order valence-electron chi connectivity index (χ0n) is 12.5. The first-order chi connectivity index (χ1) is 10.7. The lowest BCUT2D eigenvalue weighted by Crippen LogP contribution is -2.39. The molecule has 1 unspecified atom stereocenters. The summed E-state index contributed by atoms with van der Waals surface area (Å²) in [6.45, 7) is 2.70. The van der Waals surface area contributed by atoms with Gasteiger partial charge in [-0.3, -0.25) is 4.79 Å². The Morgan fingerprint density at radius 2 is 2.04 bits per heavy atom. The first-order valence-electron chi connectivity index (χ1n) is 6.80. The summed E-state index contributed by atoms with van der Waals surface area (Å²) in [4.78, 5) is 16.1. The van der Waals surface area contributed by atoms with Gasteiger partial charge in [0.05, 0.1) is 17.8 Å². The molecule has 0 spiro atoms. The number of carbonyl (C=O) groups excluding carboxylic acids is 1. The van der Waals surface area contributed by atoms with Crippen LogP contribution in [-0.4, -0.2) is 22.5 Å². The van der Waals surface area contributed by atoms with E-state index in [-0.39, 0.29) is 17.3 Å². The highest BCUT2D eigenvalue weighted by Gasteiger charge is 2.28. The van der Waals surface area contributed by atoms with Crippen molar-refractivity contribution >= 4 is 17.5 Å². The predicted molar refractivity (Wildman–Crippen MR) is 82.2 cm³/mol. The van der Waals surface area contributed by atoms with Gasteiger partial charge in [0, 0.05) is 11.6 Å². The average Bonchev–Trinajstić information content (AvgIpc) is 2.44. The van der Waals surface area contributed by atoms with Gasteiger partial charge in [-0.2, -0.15) is 0 Å². The Labute approximate surface area is 137 Å². The summed E-state index contributed by atoms with van der Waals surface area (Å²) in [7, 11) is 0. The molecule has 7 heteroatoms. The first-order valence-corrected chi connectivity index (χ1v) is 7.18. The average molecular weight is 341 g/mol. The Morgan fingerprint density at radius 3 is 2.65 bits per heavy atom. The third-order valence-electron chi connectivity index (χ3n) is 3.40. The van der Waals surface area contributed by atoms with Crippen molar-refractivity contribution in [2.24, 2.45) is 0 Å². The molecule has 0 radical (unpaired) electrons. The number of amides is 1. The van der Waals surface area contributed by atoms with E-state index in [4.69, 9.17) is 11.6 Å². The molecule has 122 valence electrons. The molecule has 0 aliphatic heterocycles. The van der Waals surface area contributed by atoms with E-state index in [2.05, 4.69) is 10.3 Å². The van der Waals surface area contributed by atoms with Gasteiger partial charge in [0.25, 0.3) is 5.91 Å². The Hall–Kier alpha value is -2.05. The standard InChI is InChI=1S/C16H15ClF2N2O2/c1-9-11(4-6-14(17)21-9)15(22)20-8-16(2,23)12-5-3-10(18)7-13(12)19/h3-7,23H,8H2,1-2H3,(H,20,22). The number of aliphatic hydroxyl groups is 1. The van der Waals surface area contributed by atoms with E-state index in [9.17, 15) is 18.7 Å². The summed E-state index contributed by atoms with van der Waals surface area (Å²) in [5.41, 5.74) is -1.07. The number of hydrogen-bond acceptors (Lipinski definition) is 3. The van der Waals surface area contributed by atoms with Gasteiger partial charge >= 0.3 is 0 Å². The summed E-state index contributed by atoms with van der Waals surface area (Å²) < 4.78 is 26.7. The van der Waals surface area contributed by atoms with Crippen molar-refractivity contribution < 1.29 is 18.7 Å². The zero-order chi connectivity index (χ0) is 17.2. The molecule has 1 aromatic heterocycles. The number of nitrogens with zero attached hydrogens (tertiary/aromatic N) is 1. The van der Waals surface area contributed by atoms with E-state index >= 15 is 0 Å². The van der Waals surface area contributed by atoms with Crippen molar-refractivity contribution in [3.63, 3.8) is 0 Å². The molecule has 1 atom stereocenters. The van der Waals surface area contributed by atoms with E-state index in [1.54, 1.807) is 6.92 Å². The Morgan fingerprint density at radius 1 is 1.35 bits per heavy atom. The molecule has 4 nitrogen and oxygen atoms in total. The second kappa shape index (κ2) is 6.60. The molecule has 2 N–H and O–H groups in total. The normalized spacial score (nSPS) is 13.5. The maximum Gasteiger partial charge on any atom is 0.253 e. The number of hydrogen-bond donors (Lipinski definition) is 2. The number of benzene rings is 1. The third-order valence-corrected chi connectivity index (χ3v) is 3.61. The molecule has 2 rings (SSSR count). The van der Waals surface area contributed by atoms with Crippen LogP contribution in [0.5, 0.6) is 0 Å². The van der Waals surface area contributed by atoms with Gasteiger partial charge in [0.2, 0.25) is 0 Å². The molecule has 0 aliphatic rings. The highest BCUT2D eigenvalue weighted by Crippen LogP contribution is 2.23. The summed E-state index contributed by atoms with van der Waals surface area (Å²) in [6.07, 6.45) is 0. The van der Waals surface area contributed by atoms with E-state index in [0.29, 0.717) is 17.3 Å². The number of nitrogens with one attached hydrogen (secondary N) is 1. The topological polar surface area (TPSA) is 62.2 Å². The van der Waals surface area contributed by atoms with Crippen molar-refractivity contribution in [3.05, 3.63) is 63.9 Å². The monoisotopic (exact) mass is 340 g/mol. The number of aryl methyl sites for hydroxylation is 1. The van der Waals surface area contributed by atoms with Gasteiger partial charge in [-0.15, -0.1) is 0 Å². The second-order valence-electron chi connectivity index (χ2n) is 5.35. The van der Waals surface area contributed by atoms with Crippen LogP contribution >= 0.6 is 11.6 Å². The van der Waals surface area contributed by atoms with Gasteiger partial charge in [0.15, 0.2) is 0 Å². The fourth-order valence-electron chi connectivity index (χ4n) is 2.14. The Bertz CT molecular complexity index is 751. The molecule has 0 bridgehead atoms. The number of carbonyl (C=O) groups is 1. The Balaban J connectivity index is 2.13. The van der Waals surface area contributed by atoms with Gasteiger partial charge < -0.3 is 10.4 Å². The molecule has 0 aliphatic carbocycles. The zero-order valence-corrected chi connectivity index (χ0v) is 13.3. The summed E-state index contributed by atoms with van der Waals surface area (Å²) in [5, 5.41) is 13.1. The molecule has 1 amide bonds. The SMILES string of the molecule is Cc1nc(Cl)ccc1C(=O)NCC(C)(O)c1ccc(F)cc1F. The second-order valence-corrected chi connectivity index (χ2v) is 5.73. The van der Waals surface area contributed by atoms with Crippen LogP contribution in [0.1, 0.15) is 28.5 Å². The first kappa shape index (κ1) is 17.3. The molecular formula is C16H15ClF2N2O2. The van der Waals surface area contributed by atoms with Gasteiger partial charge in [-0.25, -0.2) is 13.8 Å². The highest BCUT2D eigenvalue weighted by atomic mass is 35.5. The highest BCUT2D eigenvalue weighted by molar-refractivity contribution is 6.29. The van der Waals surface area contributed by atoms with Gasteiger partial charge in [0.1, 0.15) is 22.4 Å². The molecule has 1 aromatic carbocycles. The number of halogens is 3. The van der Waals surface area contributed by atoms with Crippen LogP contribution < -0.4 is 5.32 Å². The Kier molecular flexibility index (Phi) is 4.97. The number of rotatable bonds is 4. The lowest BCUT2D eigenvalue weighted by Gasteiger charge is -2.25. The predicted octanol–water partition coefficient (Wildman–Crippen LogP) is 2.96. The number of aromatic nitrogens is 1. The van der Waals surface area contributed by atoms with E-state index in [1.807, 2.05) is 0 Å². The molecule has 0 saturated carbocycles. The molecule has 0 saturated heterocycles.